The average Bonchev–Trinajstić information content (AvgIpc) is 2.33. The number of benzene rings is 1. The Morgan fingerprint density at radius 3 is 2.56 bits per heavy atom. The molecule has 0 aliphatic rings. The third-order valence-electron chi connectivity index (χ3n) is 3.08. The Morgan fingerprint density at radius 2 is 1.94 bits per heavy atom. The lowest BCUT2D eigenvalue weighted by Crippen LogP contribution is -1.97. The van der Waals surface area contributed by atoms with Crippen molar-refractivity contribution in [2.45, 2.75) is 33.6 Å². The van der Waals surface area contributed by atoms with E-state index in [1.807, 2.05) is 6.92 Å². The summed E-state index contributed by atoms with van der Waals surface area (Å²) in [4.78, 5) is 4.74. The first-order chi connectivity index (χ1) is 7.69. The third kappa shape index (κ3) is 1.69. The summed E-state index contributed by atoms with van der Waals surface area (Å²) in [6, 6.07) is 6.23. The van der Waals surface area contributed by atoms with Crippen LogP contribution in [0.5, 0.6) is 0 Å². The summed E-state index contributed by atoms with van der Waals surface area (Å²) in [7, 11) is 0. The van der Waals surface area contributed by atoms with Crippen molar-refractivity contribution < 1.29 is 0 Å². The second-order valence-corrected chi connectivity index (χ2v) is 4.40. The topological polar surface area (TPSA) is 12.9 Å². The van der Waals surface area contributed by atoms with E-state index in [0.29, 0.717) is 0 Å². The van der Waals surface area contributed by atoms with Crippen molar-refractivity contribution in [3.8, 4) is 0 Å². The molecule has 0 atom stereocenters. The molecule has 16 heavy (non-hydrogen) atoms. The Kier molecular flexibility index (Phi) is 3.15. The molecule has 0 radical (unpaired) electrons. The third-order valence-corrected chi connectivity index (χ3v) is 3.57. The van der Waals surface area contributed by atoms with E-state index in [4.69, 9.17) is 16.6 Å². The molecular weight excluding hydrogens is 218 g/mol. The van der Waals surface area contributed by atoms with Crippen molar-refractivity contribution >= 4 is 22.5 Å². The van der Waals surface area contributed by atoms with Gasteiger partial charge in [-0.05, 0) is 30.9 Å². The van der Waals surface area contributed by atoms with Gasteiger partial charge in [-0.3, -0.25) is 4.98 Å². The molecule has 0 spiro atoms. The summed E-state index contributed by atoms with van der Waals surface area (Å²) in [5, 5.41) is 1.94. The molecule has 0 bridgehead atoms. The standard InChI is InChI=1S/C14H16ClN/c1-4-10-7-6-8-11-13(15)9(3)12(5-2)16-14(10)11/h6-8H,4-5H2,1-3H3. The Morgan fingerprint density at radius 1 is 1.19 bits per heavy atom. The highest BCUT2D eigenvalue weighted by Gasteiger charge is 2.10. The molecule has 0 fully saturated rings. The molecule has 1 aromatic carbocycles. The minimum Gasteiger partial charge on any atom is -0.252 e. The summed E-state index contributed by atoms with van der Waals surface area (Å²) in [6.07, 6.45) is 1.92. The largest absolute Gasteiger partial charge is 0.252 e. The molecule has 0 aliphatic heterocycles. The van der Waals surface area contributed by atoms with Crippen LogP contribution in [0.25, 0.3) is 10.9 Å². The van der Waals surface area contributed by atoms with Crippen LogP contribution in [0.3, 0.4) is 0 Å². The minimum atomic E-state index is 0.858. The van der Waals surface area contributed by atoms with Gasteiger partial charge < -0.3 is 0 Å². The highest BCUT2D eigenvalue weighted by molar-refractivity contribution is 6.36. The second kappa shape index (κ2) is 4.42. The zero-order chi connectivity index (χ0) is 11.7. The maximum absolute atomic E-state index is 6.40. The maximum Gasteiger partial charge on any atom is 0.0752 e. The van der Waals surface area contributed by atoms with Gasteiger partial charge in [0.1, 0.15) is 0 Å². The van der Waals surface area contributed by atoms with Crippen LogP contribution < -0.4 is 0 Å². The van der Waals surface area contributed by atoms with Gasteiger partial charge in [-0.2, -0.15) is 0 Å². The van der Waals surface area contributed by atoms with Crippen LogP contribution in [-0.2, 0) is 12.8 Å². The monoisotopic (exact) mass is 233 g/mol. The lowest BCUT2D eigenvalue weighted by Gasteiger charge is -2.11. The van der Waals surface area contributed by atoms with Gasteiger partial charge in [0, 0.05) is 11.1 Å². The predicted molar refractivity (Wildman–Crippen MR) is 70.2 cm³/mol. The Hall–Kier alpha value is -1.08. The SMILES string of the molecule is CCc1nc2c(CC)cccc2c(Cl)c1C. The van der Waals surface area contributed by atoms with Gasteiger partial charge in [0.05, 0.1) is 10.5 Å². The smallest absolute Gasteiger partial charge is 0.0752 e. The Balaban J connectivity index is 2.86. The first-order valence-corrected chi connectivity index (χ1v) is 6.13. The zero-order valence-electron chi connectivity index (χ0n) is 9.97. The number of nitrogens with zero attached hydrogens (tertiary/aromatic N) is 1. The molecule has 1 nitrogen and oxygen atoms in total. The normalized spacial score (nSPS) is 11.0. The average molecular weight is 234 g/mol. The van der Waals surface area contributed by atoms with Gasteiger partial charge in [0.2, 0.25) is 0 Å². The molecule has 0 amide bonds. The van der Waals surface area contributed by atoms with E-state index < -0.39 is 0 Å². The summed E-state index contributed by atoms with van der Waals surface area (Å²) in [5.74, 6) is 0. The highest BCUT2D eigenvalue weighted by atomic mass is 35.5. The van der Waals surface area contributed by atoms with E-state index in [-0.39, 0.29) is 0 Å². The van der Waals surface area contributed by atoms with Crippen molar-refractivity contribution in [3.63, 3.8) is 0 Å². The van der Waals surface area contributed by atoms with Crippen LogP contribution in [0.15, 0.2) is 18.2 Å². The fourth-order valence-corrected chi connectivity index (χ4v) is 2.34. The number of para-hydroxylation sites is 1. The van der Waals surface area contributed by atoms with Gasteiger partial charge in [-0.15, -0.1) is 0 Å². The van der Waals surface area contributed by atoms with E-state index in [0.717, 1.165) is 40.0 Å². The van der Waals surface area contributed by atoms with E-state index in [1.165, 1.54) is 5.56 Å². The fourth-order valence-electron chi connectivity index (χ4n) is 2.08. The van der Waals surface area contributed by atoms with Crippen molar-refractivity contribution in [2.75, 3.05) is 0 Å². The molecule has 84 valence electrons. The van der Waals surface area contributed by atoms with E-state index in [1.54, 1.807) is 0 Å². The van der Waals surface area contributed by atoms with E-state index in [2.05, 4.69) is 32.0 Å². The molecule has 0 saturated carbocycles. The number of hydrogen-bond donors (Lipinski definition) is 0. The number of pyridine rings is 1. The van der Waals surface area contributed by atoms with Gasteiger partial charge in [-0.1, -0.05) is 43.6 Å². The second-order valence-electron chi connectivity index (χ2n) is 4.02. The predicted octanol–water partition coefficient (Wildman–Crippen LogP) is 4.32. The van der Waals surface area contributed by atoms with E-state index >= 15 is 0 Å². The van der Waals surface area contributed by atoms with Crippen LogP contribution in [0.2, 0.25) is 5.02 Å². The molecule has 2 heteroatoms. The number of halogens is 1. The minimum absolute atomic E-state index is 0.858. The molecule has 0 aliphatic carbocycles. The van der Waals surface area contributed by atoms with Crippen molar-refractivity contribution in [1.29, 1.82) is 0 Å². The lowest BCUT2D eigenvalue weighted by atomic mass is 10.0. The van der Waals surface area contributed by atoms with Gasteiger partial charge in [-0.25, -0.2) is 0 Å². The molecule has 2 rings (SSSR count). The number of aromatic nitrogens is 1. The quantitative estimate of drug-likeness (QED) is 0.753. The van der Waals surface area contributed by atoms with Gasteiger partial charge in [0.25, 0.3) is 0 Å². The summed E-state index contributed by atoms with van der Waals surface area (Å²) in [5.41, 5.74) is 4.56. The van der Waals surface area contributed by atoms with Crippen molar-refractivity contribution in [2.24, 2.45) is 0 Å². The molecule has 1 heterocycles. The molecule has 2 aromatic rings. The summed E-state index contributed by atoms with van der Waals surface area (Å²) < 4.78 is 0. The zero-order valence-corrected chi connectivity index (χ0v) is 10.7. The number of fused-ring (bicyclic) bond motifs is 1. The van der Waals surface area contributed by atoms with Crippen molar-refractivity contribution in [3.05, 3.63) is 40.0 Å². The van der Waals surface area contributed by atoms with Gasteiger partial charge in [0.15, 0.2) is 0 Å². The van der Waals surface area contributed by atoms with Crippen LogP contribution in [0.1, 0.15) is 30.7 Å². The molecule has 0 N–H and O–H groups in total. The Bertz CT molecular complexity index is 532. The first-order valence-electron chi connectivity index (χ1n) is 5.75. The molecule has 1 aromatic heterocycles. The molecule has 0 unspecified atom stereocenters. The number of aryl methyl sites for hydroxylation is 2. The summed E-state index contributed by atoms with van der Waals surface area (Å²) in [6.45, 7) is 6.31. The molecule has 0 saturated heterocycles. The maximum atomic E-state index is 6.40. The Labute approximate surface area is 101 Å². The van der Waals surface area contributed by atoms with E-state index in [9.17, 15) is 0 Å². The number of hydrogen-bond acceptors (Lipinski definition) is 1. The van der Waals surface area contributed by atoms with Crippen LogP contribution in [0.4, 0.5) is 0 Å². The summed E-state index contributed by atoms with van der Waals surface area (Å²) >= 11 is 6.40. The fraction of sp³-hybridized carbons (Fsp3) is 0.357. The van der Waals surface area contributed by atoms with Crippen LogP contribution >= 0.6 is 11.6 Å². The van der Waals surface area contributed by atoms with Crippen molar-refractivity contribution in [1.82, 2.24) is 4.98 Å². The van der Waals surface area contributed by atoms with Crippen LogP contribution in [-0.4, -0.2) is 4.98 Å². The number of rotatable bonds is 2. The highest BCUT2D eigenvalue weighted by Crippen LogP contribution is 2.29. The first kappa shape index (κ1) is 11.4. The van der Waals surface area contributed by atoms with Gasteiger partial charge >= 0.3 is 0 Å². The lowest BCUT2D eigenvalue weighted by molar-refractivity contribution is 1.02. The molecular formula is C14H16ClN. The van der Waals surface area contributed by atoms with Crippen LogP contribution in [0, 0.1) is 6.92 Å².